The third-order valence-electron chi connectivity index (χ3n) is 4.99. The highest BCUT2D eigenvalue weighted by molar-refractivity contribution is 7.20. The zero-order valence-electron chi connectivity index (χ0n) is 17.4. The standard InChI is InChI=1S/C22H24N4O3S2/c1-13-20(31-22(23-13)26-19(28)11-17-8-3-4-9-29-17)18-12-30-21(25-18)24-16-7-5-6-15(10-16)14(2)27/h5-7,10,12,17H,3-4,8-9,11H2,1-2H3,(H,24,25)(H,23,26,28)/t17-/m1/s1. The van der Waals surface area contributed by atoms with E-state index in [4.69, 9.17) is 4.74 Å². The van der Waals surface area contributed by atoms with Crippen molar-refractivity contribution in [2.24, 2.45) is 0 Å². The van der Waals surface area contributed by atoms with Crippen molar-refractivity contribution in [1.29, 1.82) is 0 Å². The van der Waals surface area contributed by atoms with Gasteiger partial charge in [-0.1, -0.05) is 23.5 Å². The average Bonchev–Trinajstić information content (AvgIpc) is 3.35. The fourth-order valence-electron chi connectivity index (χ4n) is 3.41. The molecule has 3 heterocycles. The predicted octanol–water partition coefficient (Wildman–Crippen LogP) is 5.42. The van der Waals surface area contributed by atoms with Crippen molar-refractivity contribution in [2.45, 2.75) is 45.6 Å². The number of nitrogens with zero attached hydrogens (tertiary/aromatic N) is 2. The topological polar surface area (TPSA) is 93.2 Å². The molecule has 0 unspecified atom stereocenters. The van der Waals surface area contributed by atoms with Gasteiger partial charge in [-0.3, -0.25) is 9.59 Å². The molecule has 1 fully saturated rings. The fraction of sp³-hybridized carbons (Fsp3) is 0.364. The Balaban J connectivity index is 1.42. The quantitative estimate of drug-likeness (QED) is 0.461. The molecule has 0 saturated carbocycles. The molecule has 1 saturated heterocycles. The maximum atomic E-state index is 12.3. The van der Waals surface area contributed by atoms with Gasteiger partial charge in [0.15, 0.2) is 16.0 Å². The third-order valence-corrected chi connectivity index (χ3v) is 6.84. The van der Waals surface area contributed by atoms with Crippen LogP contribution in [0.25, 0.3) is 10.6 Å². The molecule has 0 bridgehead atoms. The Morgan fingerprint density at radius 2 is 2.10 bits per heavy atom. The number of rotatable bonds is 7. The zero-order valence-corrected chi connectivity index (χ0v) is 19.1. The summed E-state index contributed by atoms with van der Waals surface area (Å²) in [5, 5.41) is 9.41. The summed E-state index contributed by atoms with van der Waals surface area (Å²) >= 11 is 2.89. The highest BCUT2D eigenvalue weighted by Gasteiger charge is 2.20. The summed E-state index contributed by atoms with van der Waals surface area (Å²) in [6, 6.07) is 7.34. The van der Waals surface area contributed by atoms with Crippen LogP contribution in [0.5, 0.6) is 0 Å². The van der Waals surface area contributed by atoms with Crippen LogP contribution in [0.1, 0.15) is 48.7 Å². The van der Waals surface area contributed by atoms with Crippen molar-refractivity contribution in [1.82, 2.24) is 9.97 Å². The lowest BCUT2D eigenvalue weighted by molar-refractivity contribution is -0.119. The smallest absolute Gasteiger partial charge is 0.228 e. The van der Waals surface area contributed by atoms with Gasteiger partial charge in [-0.25, -0.2) is 9.97 Å². The summed E-state index contributed by atoms with van der Waals surface area (Å²) in [4.78, 5) is 34.0. The minimum Gasteiger partial charge on any atom is -0.378 e. The second-order valence-electron chi connectivity index (χ2n) is 7.47. The Kier molecular flexibility index (Phi) is 6.74. The number of ether oxygens (including phenoxy) is 1. The zero-order chi connectivity index (χ0) is 21.8. The summed E-state index contributed by atoms with van der Waals surface area (Å²) in [6.07, 6.45) is 3.47. The van der Waals surface area contributed by atoms with Crippen molar-refractivity contribution in [3.05, 3.63) is 40.9 Å². The fourth-order valence-corrected chi connectivity index (χ4v) is 5.15. The van der Waals surface area contributed by atoms with Gasteiger partial charge in [0.25, 0.3) is 0 Å². The van der Waals surface area contributed by atoms with Crippen LogP contribution in [-0.4, -0.2) is 34.4 Å². The SMILES string of the molecule is CC(=O)c1cccc(Nc2nc(-c3sc(NC(=O)C[C@H]4CCCCO4)nc3C)cs2)c1. The van der Waals surface area contributed by atoms with Gasteiger partial charge in [0.05, 0.1) is 28.8 Å². The number of Topliss-reactive ketones (excluding diaryl/α,β-unsaturated/α-hetero) is 1. The highest BCUT2D eigenvalue weighted by Crippen LogP contribution is 2.35. The van der Waals surface area contributed by atoms with Gasteiger partial charge in [-0.2, -0.15) is 0 Å². The first-order valence-corrected chi connectivity index (χ1v) is 11.9. The number of hydrogen-bond acceptors (Lipinski definition) is 8. The number of aromatic nitrogens is 2. The number of thiazole rings is 2. The maximum absolute atomic E-state index is 12.3. The second kappa shape index (κ2) is 9.67. The summed E-state index contributed by atoms with van der Waals surface area (Å²) in [7, 11) is 0. The molecule has 1 atom stereocenters. The second-order valence-corrected chi connectivity index (χ2v) is 9.33. The van der Waals surface area contributed by atoms with Crippen LogP contribution in [0.2, 0.25) is 0 Å². The van der Waals surface area contributed by atoms with Crippen molar-refractivity contribution in [3.8, 4) is 10.6 Å². The molecule has 0 radical (unpaired) electrons. The lowest BCUT2D eigenvalue weighted by Crippen LogP contribution is -2.25. The van der Waals surface area contributed by atoms with E-state index in [-0.39, 0.29) is 17.8 Å². The number of carbonyl (C=O) groups excluding carboxylic acids is 2. The van der Waals surface area contributed by atoms with Crippen LogP contribution >= 0.6 is 22.7 Å². The molecular weight excluding hydrogens is 432 g/mol. The number of anilines is 3. The molecule has 4 rings (SSSR count). The Bertz CT molecular complexity index is 1090. The Morgan fingerprint density at radius 3 is 2.87 bits per heavy atom. The van der Waals surface area contributed by atoms with Crippen molar-refractivity contribution < 1.29 is 14.3 Å². The Morgan fingerprint density at radius 1 is 1.23 bits per heavy atom. The van der Waals surface area contributed by atoms with Gasteiger partial charge in [-0.05, 0) is 45.2 Å². The Hall–Kier alpha value is -2.62. The third kappa shape index (κ3) is 5.55. The van der Waals surface area contributed by atoms with Crippen LogP contribution in [0, 0.1) is 6.92 Å². The molecule has 2 aromatic heterocycles. The maximum Gasteiger partial charge on any atom is 0.228 e. The van der Waals surface area contributed by atoms with E-state index in [1.165, 1.54) is 22.7 Å². The van der Waals surface area contributed by atoms with E-state index < -0.39 is 0 Å². The number of benzene rings is 1. The molecule has 0 aliphatic carbocycles. The van der Waals surface area contributed by atoms with Crippen LogP contribution in [0.4, 0.5) is 16.0 Å². The monoisotopic (exact) mass is 456 g/mol. The number of carbonyl (C=O) groups is 2. The van der Waals surface area contributed by atoms with Gasteiger partial charge in [-0.15, -0.1) is 11.3 Å². The lowest BCUT2D eigenvalue weighted by Gasteiger charge is -2.21. The van der Waals surface area contributed by atoms with Crippen LogP contribution in [-0.2, 0) is 9.53 Å². The lowest BCUT2D eigenvalue weighted by atomic mass is 10.1. The first kappa shape index (κ1) is 21.6. The molecule has 2 N–H and O–H groups in total. The minimum atomic E-state index is -0.0711. The number of ketones is 1. The summed E-state index contributed by atoms with van der Waals surface area (Å²) in [5.41, 5.74) is 3.09. The average molecular weight is 457 g/mol. The molecule has 162 valence electrons. The molecule has 9 heteroatoms. The van der Waals surface area contributed by atoms with Gasteiger partial charge in [0.2, 0.25) is 5.91 Å². The van der Waals surface area contributed by atoms with Crippen molar-refractivity contribution in [3.63, 3.8) is 0 Å². The van der Waals surface area contributed by atoms with E-state index in [0.717, 1.165) is 53.0 Å². The summed E-state index contributed by atoms with van der Waals surface area (Å²) in [6.45, 7) is 4.19. The molecule has 3 aromatic rings. The van der Waals surface area contributed by atoms with Crippen LogP contribution < -0.4 is 10.6 Å². The van der Waals surface area contributed by atoms with E-state index in [0.29, 0.717) is 17.1 Å². The minimum absolute atomic E-state index is 0.00274. The summed E-state index contributed by atoms with van der Waals surface area (Å²) < 4.78 is 5.64. The molecule has 1 aliphatic heterocycles. The van der Waals surface area contributed by atoms with E-state index in [1.807, 2.05) is 30.5 Å². The molecule has 1 amide bonds. The van der Waals surface area contributed by atoms with Crippen molar-refractivity contribution in [2.75, 3.05) is 17.2 Å². The van der Waals surface area contributed by atoms with Gasteiger partial charge < -0.3 is 15.4 Å². The number of hydrogen-bond donors (Lipinski definition) is 2. The number of amides is 1. The molecule has 1 aromatic carbocycles. The number of nitrogens with one attached hydrogen (secondary N) is 2. The van der Waals surface area contributed by atoms with E-state index in [1.54, 1.807) is 13.0 Å². The largest absolute Gasteiger partial charge is 0.378 e. The molecule has 1 aliphatic rings. The first-order valence-electron chi connectivity index (χ1n) is 10.2. The Labute approximate surface area is 188 Å². The van der Waals surface area contributed by atoms with Crippen LogP contribution in [0.3, 0.4) is 0 Å². The molecular formula is C22H24N4O3S2. The van der Waals surface area contributed by atoms with Gasteiger partial charge in [0, 0.05) is 23.2 Å². The van der Waals surface area contributed by atoms with Gasteiger partial charge >= 0.3 is 0 Å². The molecule has 0 spiro atoms. The summed E-state index contributed by atoms with van der Waals surface area (Å²) in [5.74, 6) is -0.0495. The van der Waals surface area contributed by atoms with Crippen molar-refractivity contribution >= 4 is 50.3 Å². The molecule has 7 nitrogen and oxygen atoms in total. The number of aryl methyl sites for hydroxylation is 1. The molecule has 31 heavy (non-hydrogen) atoms. The predicted molar refractivity (Wildman–Crippen MR) is 125 cm³/mol. The normalized spacial score (nSPS) is 16.1. The van der Waals surface area contributed by atoms with E-state index in [2.05, 4.69) is 20.6 Å². The first-order chi connectivity index (χ1) is 15.0. The van der Waals surface area contributed by atoms with Crippen LogP contribution in [0.15, 0.2) is 29.6 Å². The highest BCUT2D eigenvalue weighted by atomic mass is 32.1. The van der Waals surface area contributed by atoms with E-state index >= 15 is 0 Å². The van der Waals surface area contributed by atoms with E-state index in [9.17, 15) is 9.59 Å². The van der Waals surface area contributed by atoms with Gasteiger partial charge in [0.1, 0.15) is 0 Å².